The van der Waals surface area contributed by atoms with Crippen LogP contribution in [0.4, 0.5) is 14.9 Å². The standard InChI is InChI=1S/C31H31FN4O5/c1-18(19-6-4-3-5-7-19)28(29(38)34-25-15-12-22(16-24(25)32)20-8-9-20)36-30(39)27(35-31(36)40)21-10-13-23(14-11-21)41-17-26(37)33-2/h3-7,10-16,18,20,27-28H,8-9,17H2,1-2H3,(H,33,37)(H,34,38)(H,35,40)/t18-,27+,28-/m0/s1. The summed E-state index contributed by atoms with van der Waals surface area (Å²) < 4.78 is 20.4. The summed E-state index contributed by atoms with van der Waals surface area (Å²) in [5, 5.41) is 7.75. The van der Waals surface area contributed by atoms with Crippen LogP contribution in [-0.4, -0.2) is 48.3 Å². The van der Waals surface area contributed by atoms with Crippen molar-refractivity contribution in [2.24, 2.45) is 0 Å². The molecule has 1 saturated heterocycles. The van der Waals surface area contributed by atoms with Crippen molar-refractivity contribution in [1.29, 1.82) is 0 Å². The second kappa shape index (κ2) is 11.8. The molecule has 3 aromatic carbocycles. The van der Waals surface area contributed by atoms with Crippen LogP contribution in [0, 0.1) is 5.82 Å². The Bertz CT molecular complexity index is 1460. The van der Waals surface area contributed by atoms with Crippen LogP contribution < -0.4 is 20.7 Å². The first-order valence-electron chi connectivity index (χ1n) is 13.5. The first-order valence-corrected chi connectivity index (χ1v) is 13.5. The second-order valence-electron chi connectivity index (χ2n) is 10.3. The first kappa shape index (κ1) is 27.8. The lowest BCUT2D eigenvalue weighted by atomic mass is 9.91. The van der Waals surface area contributed by atoms with Gasteiger partial charge in [-0.3, -0.25) is 14.4 Å². The number of hydrogen-bond donors (Lipinski definition) is 3. The van der Waals surface area contributed by atoms with E-state index in [2.05, 4.69) is 16.0 Å². The number of amides is 5. The molecule has 5 rings (SSSR count). The third kappa shape index (κ3) is 6.06. The second-order valence-corrected chi connectivity index (χ2v) is 10.3. The van der Waals surface area contributed by atoms with Gasteiger partial charge in [-0.15, -0.1) is 0 Å². The topological polar surface area (TPSA) is 117 Å². The molecule has 2 aliphatic rings. The lowest BCUT2D eigenvalue weighted by Crippen LogP contribution is -2.50. The lowest BCUT2D eigenvalue weighted by Gasteiger charge is -2.30. The maximum absolute atomic E-state index is 14.9. The van der Waals surface area contributed by atoms with E-state index >= 15 is 0 Å². The van der Waals surface area contributed by atoms with Crippen LogP contribution in [-0.2, 0) is 14.4 Å². The van der Waals surface area contributed by atoms with Gasteiger partial charge in [0.1, 0.15) is 23.7 Å². The summed E-state index contributed by atoms with van der Waals surface area (Å²) >= 11 is 0. The lowest BCUT2D eigenvalue weighted by molar-refractivity contribution is -0.134. The number of urea groups is 1. The fourth-order valence-electron chi connectivity index (χ4n) is 4.98. The summed E-state index contributed by atoms with van der Waals surface area (Å²) in [6.45, 7) is 1.58. The first-order chi connectivity index (χ1) is 19.8. The van der Waals surface area contributed by atoms with Gasteiger partial charge >= 0.3 is 6.03 Å². The molecule has 2 fully saturated rings. The minimum Gasteiger partial charge on any atom is -0.484 e. The highest BCUT2D eigenvalue weighted by atomic mass is 19.1. The van der Waals surface area contributed by atoms with Gasteiger partial charge in [-0.1, -0.05) is 55.5 Å². The van der Waals surface area contributed by atoms with Gasteiger partial charge < -0.3 is 20.7 Å². The number of ether oxygens (including phenoxy) is 1. The molecule has 0 radical (unpaired) electrons. The van der Waals surface area contributed by atoms with E-state index in [1.54, 1.807) is 49.4 Å². The maximum Gasteiger partial charge on any atom is 0.325 e. The van der Waals surface area contributed by atoms with Crippen molar-refractivity contribution in [3.05, 3.63) is 95.3 Å². The highest BCUT2D eigenvalue weighted by molar-refractivity contribution is 6.10. The van der Waals surface area contributed by atoms with E-state index in [1.165, 1.54) is 19.2 Å². The zero-order valence-electron chi connectivity index (χ0n) is 22.7. The van der Waals surface area contributed by atoms with Crippen molar-refractivity contribution >= 4 is 29.4 Å². The van der Waals surface area contributed by atoms with Crippen LogP contribution in [0.25, 0.3) is 0 Å². The van der Waals surface area contributed by atoms with Gasteiger partial charge in [0.15, 0.2) is 6.61 Å². The van der Waals surface area contributed by atoms with Gasteiger partial charge in [0, 0.05) is 13.0 Å². The van der Waals surface area contributed by atoms with Gasteiger partial charge in [-0.2, -0.15) is 0 Å². The van der Waals surface area contributed by atoms with Crippen molar-refractivity contribution in [1.82, 2.24) is 15.5 Å². The van der Waals surface area contributed by atoms with Crippen molar-refractivity contribution in [3.8, 4) is 5.75 Å². The zero-order chi connectivity index (χ0) is 29.1. The van der Waals surface area contributed by atoms with E-state index < -0.39 is 41.7 Å². The number of anilines is 1. The molecular weight excluding hydrogens is 527 g/mol. The van der Waals surface area contributed by atoms with Crippen LogP contribution in [0.15, 0.2) is 72.8 Å². The molecule has 0 spiro atoms. The number of halogens is 1. The molecule has 10 heteroatoms. The molecule has 1 heterocycles. The highest BCUT2D eigenvalue weighted by Crippen LogP contribution is 2.41. The number of hydrogen-bond acceptors (Lipinski definition) is 5. The van der Waals surface area contributed by atoms with Crippen LogP contribution in [0.2, 0.25) is 0 Å². The minimum atomic E-state index is -1.26. The average molecular weight is 559 g/mol. The van der Waals surface area contributed by atoms with Crippen LogP contribution in [0.1, 0.15) is 54.3 Å². The third-order valence-electron chi connectivity index (χ3n) is 7.48. The predicted octanol–water partition coefficient (Wildman–Crippen LogP) is 4.23. The molecule has 0 bridgehead atoms. The minimum absolute atomic E-state index is 0.0133. The Kier molecular flexibility index (Phi) is 8.00. The Morgan fingerprint density at radius 1 is 1.02 bits per heavy atom. The fourth-order valence-corrected chi connectivity index (χ4v) is 4.98. The maximum atomic E-state index is 14.9. The SMILES string of the molecule is CNC(=O)COc1ccc([C@H]2NC(=O)N([C@H](C(=O)Nc3ccc(C4CC4)cc3F)[C@@H](C)c3ccccc3)C2=O)cc1. The molecule has 41 heavy (non-hydrogen) atoms. The Labute approximate surface area is 237 Å². The van der Waals surface area contributed by atoms with E-state index in [1.807, 2.05) is 18.2 Å². The van der Waals surface area contributed by atoms with Crippen molar-refractivity contribution in [3.63, 3.8) is 0 Å². The summed E-state index contributed by atoms with van der Waals surface area (Å²) in [6.07, 6.45) is 2.03. The van der Waals surface area contributed by atoms with E-state index in [0.717, 1.165) is 28.9 Å². The Hall–Kier alpha value is -4.73. The molecule has 1 aliphatic carbocycles. The van der Waals surface area contributed by atoms with Gasteiger partial charge in [-0.25, -0.2) is 14.1 Å². The molecule has 9 nitrogen and oxygen atoms in total. The summed E-state index contributed by atoms with van der Waals surface area (Å²) in [4.78, 5) is 53.0. The Morgan fingerprint density at radius 3 is 2.34 bits per heavy atom. The number of nitrogens with one attached hydrogen (secondary N) is 3. The Morgan fingerprint density at radius 2 is 1.71 bits per heavy atom. The number of carbonyl (C=O) groups is 4. The number of rotatable bonds is 10. The predicted molar refractivity (Wildman–Crippen MR) is 150 cm³/mol. The molecule has 3 atom stereocenters. The van der Waals surface area contributed by atoms with E-state index in [-0.39, 0.29) is 18.2 Å². The number of benzene rings is 3. The van der Waals surface area contributed by atoms with Gasteiger partial charge in [-0.05, 0) is 59.7 Å². The third-order valence-corrected chi connectivity index (χ3v) is 7.48. The molecule has 0 aromatic heterocycles. The van der Waals surface area contributed by atoms with Crippen LogP contribution in [0.3, 0.4) is 0 Å². The van der Waals surface area contributed by atoms with E-state index in [4.69, 9.17) is 4.74 Å². The molecule has 212 valence electrons. The van der Waals surface area contributed by atoms with Crippen molar-refractivity contribution < 1.29 is 28.3 Å². The molecule has 5 amide bonds. The summed E-state index contributed by atoms with van der Waals surface area (Å²) in [6, 6.07) is 17.2. The zero-order valence-corrected chi connectivity index (χ0v) is 22.7. The number of imide groups is 1. The van der Waals surface area contributed by atoms with E-state index in [0.29, 0.717) is 17.2 Å². The molecule has 1 aliphatic heterocycles. The summed E-state index contributed by atoms with van der Waals surface area (Å²) in [5.41, 5.74) is 2.09. The monoisotopic (exact) mass is 558 g/mol. The summed E-state index contributed by atoms with van der Waals surface area (Å²) in [7, 11) is 1.50. The quantitative estimate of drug-likeness (QED) is 0.322. The molecular formula is C31H31FN4O5. The average Bonchev–Trinajstić information content (AvgIpc) is 3.80. The number of nitrogens with zero attached hydrogens (tertiary/aromatic N) is 1. The largest absolute Gasteiger partial charge is 0.484 e. The Balaban J connectivity index is 1.39. The number of likely N-dealkylation sites (N-methyl/N-ethyl adjacent to an activating group) is 1. The van der Waals surface area contributed by atoms with Gasteiger partial charge in [0.2, 0.25) is 5.91 Å². The molecule has 3 N–H and O–H groups in total. The fraction of sp³-hybridized carbons (Fsp3) is 0.290. The van der Waals surface area contributed by atoms with Crippen molar-refractivity contribution in [2.45, 2.75) is 43.7 Å². The molecule has 1 saturated carbocycles. The summed E-state index contributed by atoms with van der Waals surface area (Å²) in [5.74, 6) is -1.99. The van der Waals surface area contributed by atoms with E-state index in [9.17, 15) is 23.6 Å². The molecule has 3 aromatic rings. The van der Waals surface area contributed by atoms with Crippen molar-refractivity contribution in [2.75, 3.05) is 19.0 Å². The van der Waals surface area contributed by atoms with Gasteiger partial charge in [0.25, 0.3) is 11.8 Å². The van der Waals surface area contributed by atoms with Crippen LogP contribution in [0.5, 0.6) is 5.75 Å². The smallest absolute Gasteiger partial charge is 0.325 e. The normalized spacial score (nSPS) is 17.9. The van der Waals surface area contributed by atoms with Crippen LogP contribution >= 0.6 is 0 Å². The highest BCUT2D eigenvalue weighted by Gasteiger charge is 2.47. The molecule has 0 unspecified atom stereocenters. The number of carbonyl (C=O) groups excluding carboxylic acids is 4. The van der Waals surface area contributed by atoms with Gasteiger partial charge in [0.05, 0.1) is 5.69 Å².